The van der Waals surface area contributed by atoms with Gasteiger partial charge in [0, 0.05) is 10.4 Å². The van der Waals surface area contributed by atoms with Gasteiger partial charge in [0.2, 0.25) is 0 Å². The lowest BCUT2D eigenvalue weighted by molar-refractivity contribution is 0.0436. The number of ether oxygens (including phenoxy) is 1. The van der Waals surface area contributed by atoms with Gasteiger partial charge in [0.1, 0.15) is 6.07 Å². The minimum absolute atomic E-state index is 0.475. The Labute approximate surface area is 168 Å². The molecular formula is C23H17ClN2O2. The van der Waals surface area contributed by atoms with Crippen molar-refractivity contribution >= 4 is 40.1 Å². The summed E-state index contributed by atoms with van der Waals surface area (Å²) in [4.78, 5) is 17.7. The molecule has 1 aromatic heterocycles. The predicted molar refractivity (Wildman–Crippen MR) is 110 cm³/mol. The van der Waals surface area contributed by atoms with Crippen molar-refractivity contribution in [3.8, 4) is 6.07 Å². The number of aromatic nitrogens is 1. The molecule has 2 aromatic carbocycles. The van der Waals surface area contributed by atoms with E-state index in [1.165, 1.54) is 0 Å². The predicted octanol–water partition coefficient (Wildman–Crippen LogP) is 5.44. The Balaban J connectivity index is 1.86. The van der Waals surface area contributed by atoms with Crippen molar-refractivity contribution in [1.29, 1.82) is 5.26 Å². The molecule has 5 heteroatoms. The largest absolute Gasteiger partial charge is 0.444 e. The zero-order valence-electron chi connectivity index (χ0n) is 15.3. The highest BCUT2D eigenvalue weighted by Gasteiger charge is 2.28. The molecule has 0 N–H and O–H groups in total. The lowest BCUT2D eigenvalue weighted by atomic mass is 10.0. The van der Waals surface area contributed by atoms with Gasteiger partial charge >= 0.3 is 5.97 Å². The molecular weight excluding hydrogens is 372 g/mol. The van der Waals surface area contributed by atoms with Crippen LogP contribution in [0.25, 0.3) is 22.6 Å². The first-order valence-corrected chi connectivity index (χ1v) is 9.43. The van der Waals surface area contributed by atoms with Crippen molar-refractivity contribution in [2.45, 2.75) is 25.9 Å². The summed E-state index contributed by atoms with van der Waals surface area (Å²) in [5.74, 6) is -0.475. The van der Waals surface area contributed by atoms with E-state index < -0.39 is 12.1 Å². The van der Waals surface area contributed by atoms with E-state index in [2.05, 4.69) is 6.08 Å². The second-order valence-corrected chi connectivity index (χ2v) is 7.17. The highest BCUT2D eigenvalue weighted by Crippen LogP contribution is 2.38. The topological polar surface area (TPSA) is 63.0 Å². The van der Waals surface area contributed by atoms with Crippen molar-refractivity contribution in [3.63, 3.8) is 0 Å². The molecule has 0 radical (unpaired) electrons. The Morgan fingerprint density at radius 2 is 1.96 bits per heavy atom. The number of nitrogens with zero attached hydrogens (tertiary/aromatic N) is 2. The number of pyridine rings is 1. The maximum atomic E-state index is 12.9. The highest BCUT2D eigenvalue weighted by atomic mass is 35.5. The quantitative estimate of drug-likeness (QED) is 0.560. The van der Waals surface area contributed by atoms with Gasteiger partial charge in [-0.25, -0.2) is 9.78 Å². The molecule has 3 aromatic rings. The van der Waals surface area contributed by atoms with Crippen molar-refractivity contribution in [2.75, 3.05) is 0 Å². The number of nitriles is 1. The number of carbonyl (C=O) groups is 1. The number of carbonyl (C=O) groups excluding carboxylic acids is 1. The zero-order chi connectivity index (χ0) is 19.7. The smallest absolute Gasteiger partial charge is 0.340 e. The third-order valence-electron chi connectivity index (χ3n) is 4.82. The Morgan fingerprint density at radius 1 is 1.21 bits per heavy atom. The first-order chi connectivity index (χ1) is 13.6. The van der Waals surface area contributed by atoms with Gasteiger partial charge in [0.15, 0.2) is 6.10 Å². The maximum Gasteiger partial charge on any atom is 0.340 e. The second-order valence-electron chi connectivity index (χ2n) is 6.73. The average Bonchev–Trinajstić information content (AvgIpc) is 3.09. The first kappa shape index (κ1) is 18.2. The molecule has 0 spiro atoms. The van der Waals surface area contributed by atoms with Crippen LogP contribution in [0.5, 0.6) is 0 Å². The number of benzene rings is 2. The van der Waals surface area contributed by atoms with Crippen LogP contribution in [-0.2, 0) is 11.2 Å². The number of para-hydroxylation sites is 1. The van der Waals surface area contributed by atoms with E-state index >= 15 is 0 Å². The normalized spacial score (nSPS) is 15.2. The van der Waals surface area contributed by atoms with Crippen LogP contribution in [0.2, 0.25) is 5.02 Å². The van der Waals surface area contributed by atoms with E-state index in [-0.39, 0.29) is 0 Å². The summed E-state index contributed by atoms with van der Waals surface area (Å²) >= 11 is 5.98. The number of fused-ring (bicyclic) bond motifs is 2. The molecule has 4 rings (SSSR count). The van der Waals surface area contributed by atoms with E-state index in [4.69, 9.17) is 26.6 Å². The Bertz CT molecular complexity index is 1140. The van der Waals surface area contributed by atoms with Gasteiger partial charge in [0.25, 0.3) is 0 Å². The van der Waals surface area contributed by atoms with Crippen LogP contribution < -0.4 is 0 Å². The van der Waals surface area contributed by atoms with Crippen molar-refractivity contribution in [1.82, 2.24) is 4.98 Å². The molecule has 0 fully saturated rings. The molecule has 1 atom stereocenters. The van der Waals surface area contributed by atoms with Crippen LogP contribution in [0, 0.1) is 11.3 Å². The van der Waals surface area contributed by atoms with Gasteiger partial charge in [0.05, 0.1) is 16.8 Å². The van der Waals surface area contributed by atoms with Gasteiger partial charge in [-0.15, -0.1) is 0 Å². The van der Waals surface area contributed by atoms with Crippen LogP contribution in [0.15, 0.2) is 48.5 Å². The minimum atomic E-state index is -0.805. The Hall–Kier alpha value is -3.16. The van der Waals surface area contributed by atoms with E-state index in [0.29, 0.717) is 17.0 Å². The van der Waals surface area contributed by atoms with Gasteiger partial charge in [-0.1, -0.05) is 41.9 Å². The summed E-state index contributed by atoms with van der Waals surface area (Å²) in [6, 6.07) is 17.1. The molecule has 138 valence electrons. The molecule has 1 aliphatic carbocycles. The highest BCUT2D eigenvalue weighted by molar-refractivity contribution is 6.30. The van der Waals surface area contributed by atoms with Crippen molar-refractivity contribution in [2.24, 2.45) is 0 Å². The number of hydrogen-bond acceptors (Lipinski definition) is 4. The van der Waals surface area contributed by atoms with Crippen LogP contribution in [0.3, 0.4) is 0 Å². The SMILES string of the molecule is CC(C#N)OC(=O)c1c2c(nc3ccccc13)/C(=C/c1ccc(Cl)cc1)CC2. The molecule has 0 bridgehead atoms. The van der Waals surface area contributed by atoms with Crippen LogP contribution in [0.4, 0.5) is 0 Å². The zero-order valence-corrected chi connectivity index (χ0v) is 16.0. The number of hydrogen-bond donors (Lipinski definition) is 0. The van der Waals surface area contributed by atoms with Crippen LogP contribution in [0.1, 0.15) is 40.5 Å². The summed E-state index contributed by atoms with van der Waals surface area (Å²) in [6.45, 7) is 1.56. The summed E-state index contributed by atoms with van der Waals surface area (Å²) in [7, 11) is 0. The Kier molecular flexibility index (Phi) is 4.85. The minimum Gasteiger partial charge on any atom is -0.444 e. The Morgan fingerprint density at radius 3 is 2.71 bits per heavy atom. The third-order valence-corrected chi connectivity index (χ3v) is 5.07. The molecule has 1 heterocycles. The standard InChI is InChI=1S/C23H17ClN2O2/c1-14(13-25)28-23(27)21-18-4-2-3-5-20(18)26-22-16(8-11-19(21)22)12-15-6-9-17(24)10-7-15/h2-7,9-10,12,14H,8,11H2,1H3/b16-12+. The lowest BCUT2D eigenvalue weighted by Gasteiger charge is -2.13. The number of halogens is 1. The third kappa shape index (κ3) is 3.37. The van der Waals surface area contributed by atoms with Gasteiger partial charge < -0.3 is 4.74 Å². The molecule has 28 heavy (non-hydrogen) atoms. The monoisotopic (exact) mass is 388 g/mol. The molecule has 0 saturated carbocycles. The van der Waals surface area contributed by atoms with E-state index in [1.807, 2.05) is 54.6 Å². The number of allylic oxidation sites excluding steroid dienone is 1. The fourth-order valence-corrected chi connectivity index (χ4v) is 3.64. The summed E-state index contributed by atoms with van der Waals surface area (Å²) < 4.78 is 5.32. The van der Waals surface area contributed by atoms with E-state index in [1.54, 1.807) is 6.92 Å². The maximum absolute atomic E-state index is 12.9. The molecule has 1 unspecified atom stereocenters. The van der Waals surface area contributed by atoms with Gasteiger partial charge in [-0.2, -0.15) is 5.26 Å². The van der Waals surface area contributed by atoms with E-state index in [9.17, 15) is 4.79 Å². The number of rotatable bonds is 3. The summed E-state index contributed by atoms with van der Waals surface area (Å²) in [5, 5.41) is 10.4. The van der Waals surface area contributed by atoms with Crippen LogP contribution in [-0.4, -0.2) is 17.1 Å². The van der Waals surface area contributed by atoms with Gasteiger partial charge in [-0.05, 0) is 60.7 Å². The first-order valence-electron chi connectivity index (χ1n) is 9.05. The number of esters is 1. The summed E-state index contributed by atoms with van der Waals surface area (Å²) in [5.41, 5.74) is 5.07. The fourth-order valence-electron chi connectivity index (χ4n) is 3.52. The van der Waals surface area contributed by atoms with Crippen LogP contribution >= 0.6 is 11.6 Å². The van der Waals surface area contributed by atoms with E-state index in [0.717, 1.165) is 39.7 Å². The molecule has 4 nitrogen and oxygen atoms in total. The molecule has 0 saturated heterocycles. The van der Waals surface area contributed by atoms with Gasteiger partial charge in [-0.3, -0.25) is 0 Å². The van der Waals surface area contributed by atoms with Crippen molar-refractivity contribution < 1.29 is 9.53 Å². The summed E-state index contributed by atoms with van der Waals surface area (Å²) in [6.07, 6.45) is 2.77. The second kappa shape index (κ2) is 7.46. The molecule has 0 aliphatic heterocycles. The van der Waals surface area contributed by atoms with Crippen molar-refractivity contribution in [3.05, 3.63) is 75.9 Å². The fraction of sp³-hybridized carbons (Fsp3) is 0.174. The lowest BCUT2D eigenvalue weighted by Crippen LogP contribution is -2.16. The average molecular weight is 389 g/mol. The molecule has 1 aliphatic rings. The molecule has 0 amide bonds.